The SMILES string of the molecule is COc1cccc(CN(C)CCC(=O)Nc2cccc(S(N)(=O)=O)c2)c1. The van der Waals surface area contributed by atoms with Gasteiger partial charge in [0.1, 0.15) is 5.75 Å². The van der Waals surface area contributed by atoms with E-state index in [1.807, 2.05) is 36.2 Å². The molecule has 1 amide bonds. The second-order valence-electron chi connectivity index (χ2n) is 5.96. The molecule has 0 radical (unpaired) electrons. The number of carbonyl (C=O) groups excluding carboxylic acids is 1. The maximum atomic E-state index is 12.1. The maximum absolute atomic E-state index is 12.1. The lowest BCUT2D eigenvalue weighted by molar-refractivity contribution is -0.116. The van der Waals surface area contributed by atoms with E-state index in [-0.39, 0.29) is 17.2 Å². The molecule has 0 aliphatic heterocycles. The number of hydrogen-bond donors (Lipinski definition) is 2. The van der Waals surface area contributed by atoms with Crippen molar-refractivity contribution in [2.24, 2.45) is 5.14 Å². The van der Waals surface area contributed by atoms with Crippen LogP contribution in [0.15, 0.2) is 53.4 Å². The van der Waals surface area contributed by atoms with E-state index in [9.17, 15) is 13.2 Å². The summed E-state index contributed by atoms with van der Waals surface area (Å²) in [6.07, 6.45) is 0.278. The lowest BCUT2D eigenvalue weighted by Crippen LogP contribution is -2.24. The largest absolute Gasteiger partial charge is 0.497 e. The first-order valence-electron chi connectivity index (χ1n) is 8.02. The summed E-state index contributed by atoms with van der Waals surface area (Å²) in [6, 6.07) is 13.6. The molecule has 2 aromatic rings. The Labute approximate surface area is 153 Å². The van der Waals surface area contributed by atoms with Crippen LogP contribution >= 0.6 is 0 Å². The number of primary sulfonamides is 1. The summed E-state index contributed by atoms with van der Waals surface area (Å²) in [5.41, 5.74) is 1.49. The van der Waals surface area contributed by atoms with Crippen LogP contribution in [0.5, 0.6) is 5.75 Å². The van der Waals surface area contributed by atoms with Crippen LogP contribution in [0.4, 0.5) is 5.69 Å². The van der Waals surface area contributed by atoms with Crippen molar-refractivity contribution in [3.63, 3.8) is 0 Å². The highest BCUT2D eigenvalue weighted by Crippen LogP contribution is 2.15. The summed E-state index contributed by atoms with van der Waals surface area (Å²) in [6.45, 7) is 1.24. The minimum absolute atomic E-state index is 0.0366. The molecule has 0 bridgehead atoms. The molecular formula is C18H23N3O4S. The number of benzene rings is 2. The standard InChI is InChI=1S/C18H23N3O4S/c1-21(13-14-5-3-7-16(11-14)25-2)10-9-18(22)20-15-6-4-8-17(12-15)26(19,23)24/h3-8,11-12H,9-10,13H2,1-2H3,(H,20,22)(H2,19,23,24). The van der Waals surface area contributed by atoms with E-state index in [4.69, 9.17) is 9.88 Å². The van der Waals surface area contributed by atoms with Gasteiger partial charge in [-0.15, -0.1) is 0 Å². The topological polar surface area (TPSA) is 102 Å². The highest BCUT2D eigenvalue weighted by atomic mass is 32.2. The first kappa shape index (κ1) is 19.9. The third-order valence-corrected chi connectivity index (χ3v) is 4.66. The van der Waals surface area contributed by atoms with Crippen molar-refractivity contribution in [1.29, 1.82) is 0 Å². The van der Waals surface area contributed by atoms with Crippen LogP contribution in [0.1, 0.15) is 12.0 Å². The van der Waals surface area contributed by atoms with Gasteiger partial charge in [0.15, 0.2) is 0 Å². The molecule has 7 nitrogen and oxygen atoms in total. The highest BCUT2D eigenvalue weighted by molar-refractivity contribution is 7.89. The number of nitrogens with zero attached hydrogens (tertiary/aromatic N) is 1. The fraction of sp³-hybridized carbons (Fsp3) is 0.278. The van der Waals surface area contributed by atoms with Gasteiger partial charge in [0.05, 0.1) is 12.0 Å². The Balaban J connectivity index is 1.86. The summed E-state index contributed by atoms with van der Waals surface area (Å²) >= 11 is 0. The summed E-state index contributed by atoms with van der Waals surface area (Å²) in [5.74, 6) is 0.595. The molecule has 2 rings (SSSR count). The molecule has 0 saturated heterocycles. The van der Waals surface area contributed by atoms with Crippen LogP contribution in [0, 0.1) is 0 Å². The van der Waals surface area contributed by atoms with Crippen LogP contribution in [0.3, 0.4) is 0 Å². The van der Waals surface area contributed by atoms with Gasteiger partial charge < -0.3 is 15.0 Å². The lowest BCUT2D eigenvalue weighted by atomic mass is 10.2. The van der Waals surface area contributed by atoms with Crippen LogP contribution in [0.2, 0.25) is 0 Å². The summed E-state index contributed by atoms with van der Waals surface area (Å²) in [7, 11) is -0.249. The fourth-order valence-corrected chi connectivity index (χ4v) is 2.99. The summed E-state index contributed by atoms with van der Waals surface area (Å²) < 4.78 is 27.9. The van der Waals surface area contributed by atoms with Crippen molar-refractivity contribution < 1.29 is 17.9 Å². The van der Waals surface area contributed by atoms with E-state index < -0.39 is 10.0 Å². The van der Waals surface area contributed by atoms with Crippen molar-refractivity contribution in [3.8, 4) is 5.75 Å². The Kier molecular flexibility index (Phi) is 6.73. The van der Waals surface area contributed by atoms with E-state index in [0.29, 0.717) is 18.8 Å². The number of nitrogens with two attached hydrogens (primary N) is 1. The molecule has 0 spiro atoms. The zero-order valence-electron chi connectivity index (χ0n) is 14.8. The number of anilines is 1. The number of nitrogens with one attached hydrogen (secondary N) is 1. The van der Waals surface area contributed by atoms with Crippen LogP contribution in [-0.4, -0.2) is 39.9 Å². The van der Waals surface area contributed by atoms with Gasteiger partial charge in [-0.2, -0.15) is 0 Å². The summed E-state index contributed by atoms with van der Waals surface area (Å²) in [4.78, 5) is 14.1. The average molecular weight is 377 g/mol. The molecule has 0 heterocycles. The molecule has 0 aliphatic carbocycles. The highest BCUT2D eigenvalue weighted by Gasteiger charge is 2.10. The van der Waals surface area contributed by atoms with Crippen LogP contribution in [-0.2, 0) is 21.4 Å². The van der Waals surface area contributed by atoms with Gasteiger partial charge in [0.25, 0.3) is 0 Å². The first-order valence-corrected chi connectivity index (χ1v) is 9.57. The van der Waals surface area contributed by atoms with Gasteiger partial charge in [-0.3, -0.25) is 4.79 Å². The first-order chi connectivity index (χ1) is 12.3. The normalized spacial score (nSPS) is 11.4. The molecule has 0 aliphatic rings. The van der Waals surface area contributed by atoms with E-state index in [1.165, 1.54) is 18.2 Å². The molecule has 0 saturated carbocycles. The smallest absolute Gasteiger partial charge is 0.238 e. The number of ether oxygens (including phenoxy) is 1. The second-order valence-corrected chi connectivity index (χ2v) is 7.52. The van der Waals surface area contributed by atoms with Gasteiger partial charge in [0, 0.05) is 25.2 Å². The Morgan fingerprint density at radius 3 is 2.62 bits per heavy atom. The van der Waals surface area contributed by atoms with Crippen molar-refractivity contribution in [2.75, 3.05) is 26.0 Å². The predicted molar refractivity (Wildman–Crippen MR) is 100 cm³/mol. The summed E-state index contributed by atoms with van der Waals surface area (Å²) in [5, 5.41) is 7.78. The maximum Gasteiger partial charge on any atom is 0.238 e. The van der Waals surface area contributed by atoms with Gasteiger partial charge in [0.2, 0.25) is 15.9 Å². The number of sulfonamides is 1. The third kappa shape index (κ3) is 6.14. The van der Waals surface area contributed by atoms with E-state index in [1.54, 1.807) is 13.2 Å². The Hall–Kier alpha value is -2.42. The number of methoxy groups -OCH3 is 1. The molecule has 8 heteroatoms. The number of rotatable bonds is 8. The van der Waals surface area contributed by atoms with Crippen molar-refractivity contribution in [2.45, 2.75) is 17.9 Å². The fourth-order valence-electron chi connectivity index (χ4n) is 2.43. The van der Waals surface area contributed by atoms with Crippen LogP contribution in [0.25, 0.3) is 0 Å². The molecule has 140 valence electrons. The Morgan fingerprint density at radius 1 is 1.19 bits per heavy atom. The zero-order chi connectivity index (χ0) is 19.2. The quantitative estimate of drug-likeness (QED) is 0.730. The molecule has 0 fully saturated rings. The molecule has 0 atom stereocenters. The lowest BCUT2D eigenvalue weighted by Gasteiger charge is -2.17. The van der Waals surface area contributed by atoms with Gasteiger partial charge in [-0.1, -0.05) is 18.2 Å². The predicted octanol–water partition coefficient (Wildman–Crippen LogP) is 1.80. The van der Waals surface area contributed by atoms with Crippen molar-refractivity contribution in [1.82, 2.24) is 4.90 Å². The van der Waals surface area contributed by atoms with Gasteiger partial charge >= 0.3 is 0 Å². The molecular weight excluding hydrogens is 354 g/mol. The minimum Gasteiger partial charge on any atom is -0.497 e. The van der Waals surface area contributed by atoms with E-state index in [2.05, 4.69) is 5.32 Å². The second kappa shape index (κ2) is 8.79. The monoisotopic (exact) mass is 377 g/mol. The molecule has 0 aromatic heterocycles. The number of amides is 1. The number of hydrogen-bond acceptors (Lipinski definition) is 5. The van der Waals surface area contributed by atoms with Gasteiger partial charge in [-0.05, 0) is 42.9 Å². The van der Waals surface area contributed by atoms with E-state index >= 15 is 0 Å². The minimum atomic E-state index is -3.80. The molecule has 0 unspecified atom stereocenters. The molecule has 26 heavy (non-hydrogen) atoms. The Bertz CT molecular complexity index is 868. The average Bonchev–Trinajstić information content (AvgIpc) is 2.59. The Morgan fingerprint density at radius 2 is 1.92 bits per heavy atom. The molecule has 2 aromatic carbocycles. The van der Waals surface area contributed by atoms with Crippen molar-refractivity contribution in [3.05, 3.63) is 54.1 Å². The van der Waals surface area contributed by atoms with Crippen LogP contribution < -0.4 is 15.2 Å². The van der Waals surface area contributed by atoms with E-state index in [0.717, 1.165) is 11.3 Å². The van der Waals surface area contributed by atoms with Crippen molar-refractivity contribution >= 4 is 21.6 Å². The molecule has 3 N–H and O–H groups in total. The number of carbonyl (C=O) groups is 1. The van der Waals surface area contributed by atoms with Gasteiger partial charge in [-0.25, -0.2) is 13.6 Å². The third-order valence-electron chi connectivity index (χ3n) is 3.75. The zero-order valence-corrected chi connectivity index (χ0v) is 15.6.